The van der Waals surface area contributed by atoms with E-state index >= 15 is 0 Å². The van der Waals surface area contributed by atoms with Gasteiger partial charge in [-0.25, -0.2) is 0 Å². The Labute approximate surface area is 108 Å². The molecule has 18 heavy (non-hydrogen) atoms. The first-order valence-electron chi connectivity index (χ1n) is 6.28. The lowest BCUT2D eigenvalue weighted by molar-refractivity contribution is -0.156. The number of methoxy groups -OCH3 is 1. The van der Waals surface area contributed by atoms with E-state index in [1.54, 1.807) is 0 Å². The highest BCUT2D eigenvalue weighted by Crippen LogP contribution is 2.59. The van der Waals surface area contributed by atoms with E-state index in [1.807, 2.05) is 12.2 Å². The number of esters is 1. The molecule has 1 saturated carbocycles. The van der Waals surface area contributed by atoms with E-state index in [0.717, 1.165) is 0 Å². The lowest BCUT2D eigenvalue weighted by atomic mass is 9.83. The first kappa shape index (κ1) is 13.3. The van der Waals surface area contributed by atoms with Crippen LogP contribution < -0.4 is 0 Å². The molecular weight excluding hydrogens is 248 g/mol. The van der Waals surface area contributed by atoms with E-state index in [1.165, 1.54) is 7.11 Å². The van der Waals surface area contributed by atoms with Crippen molar-refractivity contribution in [3.05, 3.63) is 12.2 Å². The molecular formula is C13H20O4Si. The number of carbonyl (C=O) groups excluding carboxylic acids is 1. The van der Waals surface area contributed by atoms with E-state index in [4.69, 9.17) is 4.74 Å². The van der Waals surface area contributed by atoms with E-state index in [2.05, 4.69) is 19.6 Å². The summed E-state index contributed by atoms with van der Waals surface area (Å²) in [6, 6.07) is 0. The van der Waals surface area contributed by atoms with Gasteiger partial charge in [0.25, 0.3) is 0 Å². The van der Waals surface area contributed by atoms with Crippen molar-refractivity contribution in [2.45, 2.75) is 25.2 Å². The molecule has 5 heteroatoms. The summed E-state index contributed by atoms with van der Waals surface area (Å²) < 4.78 is 4.81. The second-order valence-corrected chi connectivity index (χ2v) is 11.7. The van der Waals surface area contributed by atoms with Gasteiger partial charge in [-0.3, -0.25) is 9.59 Å². The van der Waals surface area contributed by atoms with Gasteiger partial charge in [0.2, 0.25) is 0 Å². The average molecular weight is 268 g/mol. The number of fused-ring (bicyclic) bond motifs is 2. The molecule has 0 spiro atoms. The largest absolute Gasteiger partial charge is 0.481 e. The summed E-state index contributed by atoms with van der Waals surface area (Å²) in [4.78, 5) is 23.4. The van der Waals surface area contributed by atoms with Gasteiger partial charge in [-0.05, 0) is 17.4 Å². The number of allylic oxidation sites excluding steroid dienone is 2. The van der Waals surface area contributed by atoms with Crippen molar-refractivity contribution in [3.63, 3.8) is 0 Å². The molecule has 0 aromatic carbocycles. The van der Waals surface area contributed by atoms with Crippen molar-refractivity contribution in [1.82, 2.24) is 0 Å². The molecule has 0 amide bonds. The molecule has 3 unspecified atom stereocenters. The van der Waals surface area contributed by atoms with Crippen LogP contribution in [0.25, 0.3) is 0 Å². The fourth-order valence-corrected chi connectivity index (χ4v) is 6.78. The van der Waals surface area contributed by atoms with Crippen molar-refractivity contribution in [2.24, 2.45) is 23.7 Å². The molecule has 0 heterocycles. The monoisotopic (exact) mass is 268 g/mol. The van der Waals surface area contributed by atoms with Crippen LogP contribution in [0, 0.1) is 23.7 Å². The quantitative estimate of drug-likeness (QED) is 0.483. The van der Waals surface area contributed by atoms with Crippen molar-refractivity contribution < 1.29 is 19.4 Å². The Kier molecular flexibility index (Phi) is 3.13. The van der Waals surface area contributed by atoms with Crippen LogP contribution >= 0.6 is 0 Å². The summed E-state index contributed by atoms with van der Waals surface area (Å²) in [5.41, 5.74) is 0.336. The second-order valence-electron chi connectivity index (χ2n) is 6.34. The van der Waals surface area contributed by atoms with Gasteiger partial charge in [-0.15, -0.1) is 0 Å². The summed E-state index contributed by atoms with van der Waals surface area (Å²) in [6.07, 6.45) is 4.04. The minimum absolute atomic E-state index is 0.00302. The number of carboxylic acid groups (broad SMARTS) is 1. The minimum atomic E-state index is -1.51. The number of ether oxygens (including phenoxy) is 1. The van der Waals surface area contributed by atoms with Gasteiger partial charge in [0, 0.05) is 8.07 Å². The summed E-state index contributed by atoms with van der Waals surface area (Å²) in [5, 5.41) is 9.41. The Balaban J connectivity index is 2.40. The second kappa shape index (κ2) is 4.22. The highest BCUT2D eigenvalue weighted by molar-refractivity contribution is 6.77. The van der Waals surface area contributed by atoms with Crippen molar-refractivity contribution in [2.75, 3.05) is 7.11 Å². The summed E-state index contributed by atoms with van der Waals surface area (Å²) in [7, 11) is -0.176. The predicted octanol–water partition coefficient (Wildman–Crippen LogP) is 2.00. The molecule has 0 radical (unpaired) electrons. The smallest absolute Gasteiger partial charge is 0.310 e. The molecule has 2 rings (SSSR count). The van der Waals surface area contributed by atoms with Crippen molar-refractivity contribution in [3.8, 4) is 0 Å². The van der Waals surface area contributed by atoms with Gasteiger partial charge in [0.1, 0.15) is 0 Å². The first-order chi connectivity index (χ1) is 8.29. The number of hydrogen-bond donors (Lipinski definition) is 1. The molecule has 2 aliphatic carbocycles. The molecule has 2 aliphatic rings. The van der Waals surface area contributed by atoms with E-state index < -0.39 is 25.9 Å². The molecule has 0 saturated heterocycles. The average Bonchev–Trinajstić information content (AvgIpc) is 2.81. The molecule has 5 atom stereocenters. The normalized spacial score (nSPS) is 37.9. The van der Waals surface area contributed by atoms with Crippen molar-refractivity contribution >= 4 is 20.0 Å². The number of rotatable bonds is 3. The predicted molar refractivity (Wildman–Crippen MR) is 69.8 cm³/mol. The number of carbonyl (C=O) groups is 2. The SMILES string of the molecule is COC(=O)[C@H]1C2C=CC(C2[Si](C)(C)C)[C@H]1C(=O)O. The molecule has 4 nitrogen and oxygen atoms in total. The van der Waals surface area contributed by atoms with Crippen molar-refractivity contribution in [1.29, 1.82) is 0 Å². The minimum Gasteiger partial charge on any atom is -0.481 e. The third-order valence-electron chi connectivity index (χ3n) is 4.36. The molecule has 0 aliphatic heterocycles. The fourth-order valence-electron chi connectivity index (χ4n) is 3.83. The van der Waals surface area contributed by atoms with Crippen LogP contribution in [0.3, 0.4) is 0 Å². The van der Waals surface area contributed by atoms with Crippen LogP contribution in [0.2, 0.25) is 25.2 Å². The third-order valence-corrected chi connectivity index (χ3v) is 7.13. The lowest BCUT2D eigenvalue weighted by Crippen LogP contribution is -2.33. The van der Waals surface area contributed by atoms with Gasteiger partial charge >= 0.3 is 11.9 Å². The van der Waals surface area contributed by atoms with Crippen LogP contribution in [0.5, 0.6) is 0 Å². The first-order valence-corrected chi connectivity index (χ1v) is 9.85. The van der Waals surface area contributed by atoms with Gasteiger partial charge in [0.05, 0.1) is 18.9 Å². The third kappa shape index (κ3) is 1.81. The molecule has 2 bridgehead atoms. The van der Waals surface area contributed by atoms with Crippen LogP contribution in [0.4, 0.5) is 0 Å². The van der Waals surface area contributed by atoms with E-state index in [9.17, 15) is 14.7 Å². The topological polar surface area (TPSA) is 63.6 Å². The van der Waals surface area contributed by atoms with Crippen LogP contribution in [-0.2, 0) is 14.3 Å². The maximum atomic E-state index is 11.9. The molecule has 0 aromatic heterocycles. The zero-order valence-electron chi connectivity index (χ0n) is 11.2. The Bertz CT molecular complexity index is 410. The maximum Gasteiger partial charge on any atom is 0.310 e. The van der Waals surface area contributed by atoms with E-state index in [-0.39, 0.29) is 17.8 Å². The van der Waals surface area contributed by atoms with Gasteiger partial charge in [0.15, 0.2) is 0 Å². The Hall–Kier alpha value is -1.10. The van der Waals surface area contributed by atoms with Crippen LogP contribution in [-0.4, -0.2) is 32.2 Å². The number of hydrogen-bond acceptors (Lipinski definition) is 3. The zero-order valence-corrected chi connectivity index (χ0v) is 12.2. The fraction of sp³-hybridized carbons (Fsp3) is 0.692. The number of carboxylic acids is 1. The lowest BCUT2D eigenvalue weighted by Gasteiger charge is -2.29. The number of aliphatic carboxylic acids is 1. The Morgan fingerprint density at radius 2 is 1.61 bits per heavy atom. The van der Waals surface area contributed by atoms with Crippen LogP contribution in [0.1, 0.15) is 0 Å². The summed E-state index contributed by atoms with van der Waals surface area (Å²) in [6.45, 7) is 6.72. The van der Waals surface area contributed by atoms with Gasteiger partial charge in [-0.1, -0.05) is 31.8 Å². The molecule has 1 fully saturated rings. The molecule has 0 aromatic rings. The Morgan fingerprint density at radius 1 is 1.11 bits per heavy atom. The molecule has 1 N–H and O–H groups in total. The zero-order chi connectivity index (χ0) is 13.7. The summed E-state index contributed by atoms with van der Waals surface area (Å²) in [5.74, 6) is -2.30. The Morgan fingerprint density at radius 3 is 2.00 bits per heavy atom. The van der Waals surface area contributed by atoms with Gasteiger partial charge in [-0.2, -0.15) is 0 Å². The standard InChI is InChI=1S/C13H20O4Si/c1-17-13(16)10-8-6-5-7(9(10)12(14)15)11(8)18(2,3)4/h5-11H,1-4H3,(H,14,15)/t7?,8?,9-,10+,11?/m1/s1. The highest BCUT2D eigenvalue weighted by atomic mass is 28.3. The maximum absolute atomic E-state index is 11.9. The van der Waals surface area contributed by atoms with Crippen LogP contribution in [0.15, 0.2) is 12.2 Å². The van der Waals surface area contributed by atoms with E-state index in [0.29, 0.717) is 5.54 Å². The summed E-state index contributed by atoms with van der Waals surface area (Å²) >= 11 is 0. The van der Waals surface area contributed by atoms with Gasteiger partial charge < -0.3 is 9.84 Å². The highest BCUT2D eigenvalue weighted by Gasteiger charge is 2.60. The molecule has 100 valence electrons.